The largest absolute Gasteiger partial charge is 0.476 e. The molecule has 2 N–H and O–H groups in total. The van der Waals surface area contributed by atoms with E-state index in [1.165, 1.54) is 4.52 Å². The van der Waals surface area contributed by atoms with Gasteiger partial charge in [0.15, 0.2) is 5.65 Å². The summed E-state index contributed by atoms with van der Waals surface area (Å²) in [7, 11) is 0. The zero-order valence-electron chi connectivity index (χ0n) is 12.0. The molecule has 4 rings (SSSR count). The topological polar surface area (TPSA) is 105 Å². The third-order valence-corrected chi connectivity index (χ3v) is 3.67. The predicted molar refractivity (Wildman–Crippen MR) is 87.8 cm³/mol. The second-order valence-electron chi connectivity index (χ2n) is 4.97. The Morgan fingerprint density at radius 3 is 2.96 bits per heavy atom. The minimum Gasteiger partial charge on any atom is -0.476 e. The molecule has 118 valence electrons. The van der Waals surface area contributed by atoms with Crippen molar-refractivity contribution in [3.05, 3.63) is 53.4 Å². The quantitative estimate of drug-likeness (QED) is 0.590. The number of carboxylic acids is 1. The molecule has 0 spiro atoms. The van der Waals surface area contributed by atoms with Gasteiger partial charge >= 0.3 is 5.97 Å². The number of nitrogens with one attached hydrogen (secondary N) is 1. The summed E-state index contributed by atoms with van der Waals surface area (Å²) in [5, 5.41) is 21.2. The first-order chi connectivity index (χ1) is 11.6. The number of carbonyl (C=O) groups is 1. The van der Waals surface area contributed by atoms with Crippen LogP contribution in [0, 0.1) is 0 Å². The number of aromatic carboxylic acids is 1. The van der Waals surface area contributed by atoms with E-state index in [1.807, 2.05) is 6.07 Å². The van der Waals surface area contributed by atoms with Crippen LogP contribution in [0.25, 0.3) is 16.6 Å². The molecule has 0 amide bonds. The third kappa shape index (κ3) is 2.29. The van der Waals surface area contributed by atoms with Crippen LogP contribution in [0.3, 0.4) is 0 Å². The highest BCUT2D eigenvalue weighted by molar-refractivity contribution is 6.30. The van der Waals surface area contributed by atoms with Gasteiger partial charge in [-0.3, -0.25) is 4.98 Å². The van der Waals surface area contributed by atoms with Crippen molar-refractivity contribution in [1.29, 1.82) is 0 Å². The van der Waals surface area contributed by atoms with Gasteiger partial charge in [-0.05, 0) is 24.3 Å². The maximum atomic E-state index is 11.3. The number of fused-ring (bicyclic) bond motifs is 3. The van der Waals surface area contributed by atoms with Crippen LogP contribution in [-0.2, 0) is 0 Å². The van der Waals surface area contributed by atoms with Crippen molar-refractivity contribution in [3.8, 4) is 0 Å². The lowest BCUT2D eigenvalue weighted by molar-refractivity contribution is 0.0692. The standard InChI is InChI=1S/C15H9ClN6O2/c16-8-2-1-3-9(6-8)18-13-10-4-5-17-7-11(10)22-14(19-13)12(15(23)24)20-21-22/h1-7H,(H,18,19)(H,23,24). The van der Waals surface area contributed by atoms with E-state index in [1.54, 1.807) is 36.7 Å². The highest BCUT2D eigenvalue weighted by atomic mass is 35.5. The van der Waals surface area contributed by atoms with Gasteiger partial charge in [0.05, 0.1) is 11.7 Å². The molecule has 0 aliphatic rings. The zero-order valence-corrected chi connectivity index (χ0v) is 12.8. The average Bonchev–Trinajstić information content (AvgIpc) is 2.99. The number of nitrogens with zero attached hydrogens (tertiary/aromatic N) is 5. The SMILES string of the molecule is O=C(O)c1nnn2c1nc(Nc1cccc(Cl)c1)c1ccncc12. The van der Waals surface area contributed by atoms with Crippen LogP contribution in [0.2, 0.25) is 5.02 Å². The van der Waals surface area contributed by atoms with Crippen LogP contribution in [-0.4, -0.2) is 35.9 Å². The van der Waals surface area contributed by atoms with E-state index in [4.69, 9.17) is 11.6 Å². The molecule has 1 aromatic carbocycles. The fraction of sp³-hybridized carbons (Fsp3) is 0. The highest BCUT2D eigenvalue weighted by Gasteiger charge is 2.19. The summed E-state index contributed by atoms with van der Waals surface area (Å²) in [5.74, 6) is -0.735. The fourth-order valence-electron chi connectivity index (χ4n) is 2.40. The Morgan fingerprint density at radius 2 is 2.17 bits per heavy atom. The number of aromatic nitrogens is 5. The van der Waals surface area contributed by atoms with Crippen molar-refractivity contribution < 1.29 is 9.90 Å². The molecule has 0 aliphatic heterocycles. The molecule has 3 aromatic heterocycles. The highest BCUT2D eigenvalue weighted by Crippen LogP contribution is 2.26. The summed E-state index contributed by atoms with van der Waals surface area (Å²) < 4.78 is 1.36. The Morgan fingerprint density at radius 1 is 1.29 bits per heavy atom. The molecule has 0 bridgehead atoms. The number of benzene rings is 1. The Hall–Kier alpha value is -3.26. The molecule has 9 heteroatoms. The second-order valence-corrected chi connectivity index (χ2v) is 5.40. The van der Waals surface area contributed by atoms with Gasteiger partial charge in [-0.15, -0.1) is 5.10 Å². The minimum atomic E-state index is -1.20. The Bertz CT molecular complexity index is 1090. The molecule has 8 nitrogen and oxygen atoms in total. The van der Waals surface area contributed by atoms with E-state index in [2.05, 4.69) is 25.6 Å². The lowest BCUT2D eigenvalue weighted by atomic mass is 10.2. The number of halogens is 1. The van der Waals surface area contributed by atoms with Crippen LogP contribution in [0.1, 0.15) is 10.5 Å². The van der Waals surface area contributed by atoms with Crippen molar-refractivity contribution in [2.24, 2.45) is 0 Å². The van der Waals surface area contributed by atoms with Crippen molar-refractivity contribution in [1.82, 2.24) is 24.8 Å². The number of anilines is 2. The van der Waals surface area contributed by atoms with Gasteiger partial charge < -0.3 is 10.4 Å². The first kappa shape index (κ1) is 14.3. The average molecular weight is 341 g/mol. The van der Waals surface area contributed by atoms with Crippen molar-refractivity contribution in [2.45, 2.75) is 0 Å². The maximum Gasteiger partial charge on any atom is 0.360 e. The van der Waals surface area contributed by atoms with E-state index < -0.39 is 5.97 Å². The fourth-order valence-corrected chi connectivity index (χ4v) is 2.59. The van der Waals surface area contributed by atoms with Gasteiger partial charge in [0.2, 0.25) is 5.69 Å². The molecule has 0 aliphatic carbocycles. The molecule has 0 fully saturated rings. The van der Waals surface area contributed by atoms with E-state index in [0.29, 0.717) is 16.4 Å². The summed E-state index contributed by atoms with van der Waals surface area (Å²) in [6.07, 6.45) is 3.20. The second kappa shape index (κ2) is 5.43. The van der Waals surface area contributed by atoms with Gasteiger partial charge in [-0.2, -0.15) is 4.52 Å². The molecule has 0 saturated heterocycles. The van der Waals surface area contributed by atoms with Crippen LogP contribution in [0.15, 0.2) is 42.7 Å². The van der Waals surface area contributed by atoms with E-state index in [9.17, 15) is 9.90 Å². The van der Waals surface area contributed by atoms with Crippen molar-refractivity contribution in [2.75, 3.05) is 5.32 Å². The van der Waals surface area contributed by atoms with Crippen LogP contribution >= 0.6 is 11.6 Å². The first-order valence-electron chi connectivity index (χ1n) is 6.88. The molecule has 0 atom stereocenters. The normalized spacial score (nSPS) is 11.0. The van der Waals surface area contributed by atoms with Gasteiger partial charge in [0.25, 0.3) is 0 Å². The summed E-state index contributed by atoms with van der Waals surface area (Å²) in [6.45, 7) is 0. The van der Waals surface area contributed by atoms with Gasteiger partial charge in [-0.1, -0.05) is 22.9 Å². The number of hydrogen-bond donors (Lipinski definition) is 2. The third-order valence-electron chi connectivity index (χ3n) is 3.44. The maximum absolute atomic E-state index is 11.3. The predicted octanol–water partition coefficient (Wildman–Crippen LogP) is 2.77. The molecule has 4 aromatic rings. The Labute approximate surface area is 139 Å². The summed E-state index contributed by atoms with van der Waals surface area (Å²) in [4.78, 5) is 19.8. The van der Waals surface area contributed by atoms with E-state index in [-0.39, 0.29) is 11.3 Å². The Kier molecular flexibility index (Phi) is 3.24. The molecule has 0 saturated carbocycles. The summed E-state index contributed by atoms with van der Waals surface area (Å²) >= 11 is 6.00. The molecule has 0 unspecified atom stereocenters. The monoisotopic (exact) mass is 340 g/mol. The van der Waals surface area contributed by atoms with Gasteiger partial charge in [0.1, 0.15) is 5.82 Å². The van der Waals surface area contributed by atoms with Gasteiger partial charge in [-0.25, -0.2) is 9.78 Å². The zero-order chi connectivity index (χ0) is 16.7. The molecule has 3 heterocycles. The van der Waals surface area contributed by atoms with Crippen LogP contribution in [0.5, 0.6) is 0 Å². The molecular formula is C15H9ClN6O2. The Balaban J connectivity index is 1.98. The smallest absolute Gasteiger partial charge is 0.360 e. The minimum absolute atomic E-state index is 0.132. The molecular weight excluding hydrogens is 332 g/mol. The van der Waals surface area contributed by atoms with Crippen molar-refractivity contribution >= 4 is 45.6 Å². The molecule has 24 heavy (non-hydrogen) atoms. The number of rotatable bonds is 3. The first-order valence-corrected chi connectivity index (χ1v) is 7.26. The lowest BCUT2D eigenvalue weighted by Crippen LogP contribution is -2.03. The number of pyridine rings is 1. The van der Waals surface area contributed by atoms with Crippen LogP contribution < -0.4 is 5.32 Å². The van der Waals surface area contributed by atoms with Crippen molar-refractivity contribution in [3.63, 3.8) is 0 Å². The van der Waals surface area contributed by atoms with E-state index in [0.717, 1.165) is 11.1 Å². The summed E-state index contributed by atoms with van der Waals surface area (Å²) in [5.41, 5.74) is 1.22. The van der Waals surface area contributed by atoms with E-state index >= 15 is 0 Å². The number of hydrogen-bond acceptors (Lipinski definition) is 6. The van der Waals surface area contributed by atoms with Gasteiger partial charge in [0, 0.05) is 22.3 Å². The lowest BCUT2D eigenvalue weighted by Gasteiger charge is -2.10. The van der Waals surface area contributed by atoms with Crippen LogP contribution in [0.4, 0.5) is 11.5 Å². The number of carboxylic acid groups (broad SMARTS) is 1. The molecule has 0 radical (unpaired) electrons. The summed E-state index contributed by atoms with van der Waals surface area (Å²) in [6, 6.07) is 8.90.